The molecule has 0 bridgehead atoms. The summed E-state index contributed by atoms with van der Waals surface area (Å²) < 4.78 is 5.04. The Bertz CT molecular complexity index is 1070. The van der Waals surface area contributed by atoms with Gasteiger partial charge in [0.2, 0.25) is 0 Å². The first-order valence-electron chi connectivity index (χ1n) is 7.46. The number of nitrogens with one attached hydrogen (secondary N) is 1. The van der Waals surface area contributed by atoms with E-state index in [4.69, 9.17) is 4.42 Å². The molecule has 0 unspecified atom stereocenters. The largest absolute Gasteiger partial charge is 0.417 e. The highest BCUT2D eigenvalue weighted by Crippen LogP contribution is 2.21. The number of benzene rings is 2. The average Bonchev–Trinajstić information content (AvgIpc) is 2.58. The summed E-state index contributed by atoms with van der Waals surface area (Å²) in [5, 5.41) is 14.0. The van der Waals surface area contributed by atoms with Gasteiger partial charge in [0.15, 0.2) is 5.76 Å². The molecule has 0 saturated heterocycles. The second kappa shape index (κ2) is 6.20. The Morgan fingerprint density at radius 1 is 1.16 bits per heavy atom. The van der Waals surface area contributed by atoms with Crippen LogP contribution < -0.4 is 10.9 Å². The van der Waals surface area contributed by atoms with Crippen LogP contribution in [0.4, 0.5) is 11.4 Å². The monoisotopic (exact) mass is 338 g/mol. The van der Waals surface area contributed by atoms with E-state index in [0.29, 0.717) is 11.1 Å². The van der Waals surface area contributed by atoms with Crippen LogP contribution in [0.2, 0.25) is 0 Å². The first-order valence-corrected chi connectivity index (χ1v) is 7.46. The number of hydrogen-bond donors (Lipinski definition) is 1. The van der Waals surface area contributed by atoms with Gasteiger partial charge in [-0.2, -0.15) is 0 Å². The van der Waals surface area contributed by atoms with E-state index < -0.39 is 16.5 Å². The predicted molar refractivity (Wildman–Crippen MR) is 93.0 cm³/mol. The van der Waals surface area contributed by atoms with Crippen LogP contribution >= 0.6 is 0 Å². The third-order valence-electron chi connectivity index (χ3n) is 4.03. The van der Waals surface area contributed by atoms with Crippen LogP contribution in [0.5, 0.6) is 0 Å². The molecule has 3 rings (SSSR count). The van der Waals surface area contributed by atoms with E-state index >= 15 is 0 Å². The summed E-state index contributed by atoms with van der Waals surface area (Å²) >= 11 is 0. The molecule has 0 saturated carbocycles. The Hall–Kier alpha value is -3.48. The maximum atomic E-state index is 12.4. The zero-order chi connectivity index (χ0) is 18.1. The highest BCUT2D eigenvalue weighted by molar-refractivity contribution is 6.04. The summed E-state index contributed by atoms with van der Waals surface area (Å²) in [5.74, 6) is -0.724. The zero-order valence-electron chi connectivity index (χ0n) is 13.5. The Labute approximate surface area is 142 Å². The highest BCUT2D eigenvalue weighted by atomic mass is 16.6. The molecule has 0 fully saturated rings. The molecule has 1 aromatic heterocycles. The van der Waals surface area contributed by atoms with E-state index in [1.807, 2.05) is 26.0 Å². The van der Waals surface area contributed by atoms with Gasteiger partial charge in [0, 0.05) is 17.8 Å². The van der Waals surface area contributed by atoms with Crippen molar-refractivity contribution < 1.29 is 14.1 Å². The van der Waals surface area contributed by atoms with E-state index in [-0.39, 0.29) is 16.8 Å². The van der Waals surface area contributed by atoms with Gasteiger partial charge in [0.1, 0.15) is 0 Å². The number of fused-ring (bicyclic) bond motifs is 1. The minimum atomic E-state index is -0.799. The van der Waals surface area contributed by atoms with Crippen molar-refractivity contribution in [3.63, 3.8) is 0 Å². The van der Waals surface area contributed by atoms with Crippen molar-refractivity contribution in [3.8, 4) is 0 Å². The number of non-ortho nitro benzene ring substituents is 1. The first-order chi connectivity index (χ1) is 11.9. The predicted octanol–water partition coefficient (Wildman–Crippen LogP) is 3.57. The van der Waals surface area contributed by atoms with E-state index in [9.17, 15) is 19.7 Å². The number of amides is 1. The van der Waals surface area contributed by atoms with E-state index in [0.717, 1.165) is 17.2 Å². The minimum Gasteiger partial charge on any atom is -0.417 e. The lowest BCUT2D eigenvalue weighted by Gasteiger charge is -2.10. The summed E-state index contributed by atoms with van der Waals surface area (Å²) in [5.41, 5.74) is 1.54. The molecule has 0 atom stereocenters. The molecule has 25 heavy (non-hydrogen) atoms. The molecule has 2 aromatic carbocycles. The van der Waals surface area contributed by atoms with Crippen LogP contribution in [0.15, 0.2) is 51.7 Å². The quantitative estimate of drug-likeness (QED) is 0.581. The number of aryl methyl sites for hydroxylation is 1. The summed E-state index contributed by atoms with van der Waals surface area (Å²) in [6, 6.07) is 10.7. The van der Waals surface area contributed by atoms with Crippen molar-refractivity contribution in [1.82, 2.24) is 0 Å². The minimum absolute atomic E-state index is 0.0532. The second-order valence-corrected chi connectivity index (χ2v) is 5.63. The molecule has 1 N–H and O–H groups in total. The Morgan fingerprint density at radius 3 is 2.64 bits per heavy atom. The molecule has 0 spiro atoms. The lowest BCUT2D eigenvalue weighted by molar-refractivity contribution is -0.384. The topological polar surface area (TPSA) is 102 Å². The summed E-state index contributed by atoms with van der Waals surface area (Å²) in [6.45, 7) is 3.80. The van der Waals surface area contributed by atoms with E-state index in [1.165, 1.54) is 18.2 Å². The molecule has 7 nitrogen and oxygen atoms in total. The lowest BCUT2D eigenvalue weighted by Crippen LogP contribution is -2.15. The highest BCUT2D eigenvalue weighted by Gasteiger charge is 2.16. The normalized spacial score (nSPS) is 10.6. The first kappa shape index (κ1) is 16.4. The number of nitro benzene ring substituents is 1. The van der Waals surface area contributed by atoms with Crippen molar-refractivity contribution in [2.45, 2.75) is 13.8 Å². The van der Waals surface area contributed by atoms with Gasteiger partial charge in [-0.1, -0.05) is 12.1 Å². The van der Waals surface area contributed by atoms with Crippen LogP contribution in [0.3, 0.4) is 0 Å². The maximum Gasteiger partial charge on any atom is 0.344 e. The zero-order valence-corrected chi connectivity index (χ0v) is 13.5. The van der Waals surface area contributed by atoms with Crippen LogP contribution in [0.25, 0.3) is 10.8 Å². The third kappa shape index (κ3) is 3.12. The number of rotatable bonds is 3. The molecule has 126 valence electrons. The molecular weight excluding hydrogens is 324 g/mol. The summed E-state index contributed by atoms with van der Waals surface area (Å²) in [6.07, 6.45) is 0. The van der Waals surface area contributed by atoms with E-state index in [2.05, 4.69) is 5.32 Å². The SMILES string of the molecule is Cc1cccc(NC(=O)c2cc3ccc([N+](=O)[O-])cc3c(=O)o2)c1C. The van der Waals surface area contributed by atoms with Crippen molar-refractivity contribution in [1.29, 1.82) is 0 Å². The number of nitro groups is 1. The van der Waals surface area contributed by atoms with E-state index in [1.54, 1.807) is 6.07 Å². The Balaban J connectivity index is 2.00. The molecule has 1 amide bonds. The fourth-order valence-electron chi connectivity index (χ4n) is 2.47. The second-order valence-electron chi connectivity index (χ2n) is 5.63. The van der Waals surface area contributed by atoms with Gasteiger partial charge in [-0.05, 0) is 48.6 Å². The van der Waals surface area contributed by atoms with Crippen LogP contribution in [0, 0.1) is 24.0 Å². The molecular formula is C18H14N2O5. The smallest absolute Gasteiger partial charge is 0.344 e. The molecule has 0 aliphatic carbocycles. The van der Waals surface area contributed by atoms with Crippen molar-refractivity contribution in [2.75, 3.05) is 5.32 Å². The van der Waals surface area contributed by atoms with Crippen molar-refractivity contribution in [2.24, 2.45) is 0 Å². The van der Waals surface area contributed by atoms with Crippen molar-refractivity contribution >= 4 is 28.1 Å². The summed E-state index contributed by atoms with van der Waals surface area (Å²) in [7, 11) is 0. The molecule has 7 heteroatoms. The number of carbonyl (C=O) groups is 1. The molecule has 1 heterocycles. The van der Waals surface area contributed by atoms with Gasteiger partial charge in [0.05, 0.1) is 10.3 Å². The Kier molecular flexibility index (Phi) is 4.06. The van der Waals surface area contributed by atoms with Gasteiger partial charge in [-0.15, -0.1) is 0 Å². The fourth-order valence-corrected chi connectivity index (χ4v) is 2.47. The lowest BCUT2D eigenvalue weighted by atomic mass is 10.1. The molecule has 0 aliphatic heterocycles. The molecule has 0 aliphatic rings. The molecule has 3 aromatic rings. The van der Waals surface area contributed by atoms with Gasteiger partial charge in [-0.3, -0.25) is 14.9 Å². The van der Waals surface area contributed by atoms with Crippen LogP contribution in [0.1, 0.15) is 21.7 Å². The van der Waals surface area contributed by atoms with Gasteiger partial charge in [0.25, 0.3) is 11.6 Å². The Morgan fingerprint density at radius 2 is 1.92 bits per heavy atom. The number of nitrogens with zero attached hydrogens (tertiary/aromatic N) is 1. The van der Waals surface area contributed by atoms with Gasteiger partial charge >= 0.3 is 5.63 Å². The van der Waals surface area contributed by atoms with Crippen molar-refractivity contribution in [3.05, 3.63) is 79.9 Å². The van der Waals surface area contributed by atoms with Gasteiger partial charge < -0.3 is 9.73 Å². The standard InChI is InChI=1S/C18H14N2O5/c1-10-4-3-5-15(11(10)2)19-17(21)16-8-12-6-7-13(20(23)24)9-14(12)18(22)25-16/h3-9H,1-2H3,(H,19,21). The number of carbonyl (C=O) groups excluding carboxylic acids is 1. The molecule has 0 radical (unpaired) electrons. The number of hydrogen-bond acceptors (Lipinski definition) is 5. The number of anilines is 1. The average molecular weight is 338 g/mol. The van der Waals surface area contributed by atoms with Crippen LogP contribution in [-0.4, -0.2) is 10.8 Å². The summed E-state index contributed by atoms with van der Waals surface area (Å²) in [4.78, 5) is 34.7. The third-order valence-corrected chi connectivity index (χ3v) is 4.03. The van der Waals surface area contributed by atoms with Gasteiger partial charge in [-0.25, -0.2) is 4.79 Å². The fraction of sp³-hybridized carbons (Fsp3) is 0.111. The van der Waals surface area contributed by atoms with Crippen LogP contribution in [-0.2, 0) is 0 Å². The maximum absolute atomic E-state index is 12.4.